The first-order valence-electron chi connectivity index (χ1n) is 8.81. The van der Waals surface area contributed by atoms with Crippen LogP contribution in [-0.2, 0) is 27.2 Å². The summed E-state index contributed by atoms with van der Waals surface area (Å²) in [6, 6.07) is 24.8. The van der Waals surface area contributed by atoms with E-state index >= 15 is 0 Å². The molecular formula is C24H15IrN2-. The van der Waals surface area contributed by atoms with Gasteiger partial charge < -0.3 is 4.57 Å². The van der Waals surface area contributed by atoms with E-state index in [0.717, 1.165) is 16.8 Å². The Balaban J connectivity index is 0.00000160. The molecule has 0 aliphatic heterocycles. The van der Waals surface area contributed by atoms with Crippen LogP contribution in [0.3, 0.4) is 0 Å². The molecule has 1 aliphatic rings. The summed E-state index contributed by atoms with van der Waals surface area (Å²) in [5.41, 5.74) is 8.00. The van der Waals surface area contributed by atoms with Gasteiger partial charge in [-0.15, -0.1) is 23.8 Å². The van der Waals surface area contributed by atoms with E-state index in [-0.39, 0.29) is 20.1 Å². The molecule has 0 bridgehead atoms. The Hall–Kier alpha value is -2.74. The van der Waals surface area contributed by atoms with Gasteiger partial charge in [-0.1, -0.05) is 53.9 Å². The molecule has 0 atom stereocenters. The van der Waals surface area contributed by atoms with Crippen molar-refractivity contribution < 1.29 is 20.1 Å². The van der Waals surface area contributed by atoms with Crippen LogP contribution in [-0.4, -0.2) is 9.55 Å². The fourth-order valence-corrected chi connectivity index (χ4v) is 4.18. The van der Waals surface area contributed by atoms with Crippen LogP contribution in [0.25, 0.3) is 56.1 Å². The largest absolute Gasteiger partial charge is 0.361 e. The molecule has 1 aliphatic carbocycles. The number of fused-ring (bicyclic) bond motifs is 3. The number of rotatable bonds is 1. The maximum Gasteiger partial charge on any atom is 0.0607 e. The van der Waals surface area contributed by atoms with E-state index in [1.165, 1.54) is 38.3 Å². The molecule has 27 heavy (non-hydrogen) atoms. The van der Waals surface area contributed by atoms with Crippen LogP contribution in [0.1, 0.15) is 11.1 Å². The number of para-hydroxylation sites is 1. The zero-order valence-corrected chi connectivity index (χ0v) is 17.1. The smallest absolute Gasteiger partial charge is 0.0607 e. The molecule has 6 rings (SSSR count). The molecule has 2 aromatic heterocycles. The molecule has 0 amide bonds. The molecule has 1 radical (unpaired) electrons. The number of benzene rings is 3. The first-order valence-corrected chi connectivity index (χ1v) is 8.81. The van der Waals surface area contributed by atoms with E-state index in [9.17, 15) is 0 Å². The first-order chi connectivity index (χ1) is 12.8. The maximum atomic E-state index is 4.92. The van der Waals surface area contributed by atoms with Gasteiger partial charge in [0.15, 0.2) is 0 Å². The molecule has 2 heterocycles. The van der Waals surface area contributed by atoms with Crippen molar-refractivity contribution in [2.75, 3.05) is 0 Å². The minimum absolute atomic E-state index is 0. The van der Waals surface area contributed by atoms with E-state index in [0.29, 0.717) is 0 Å². The predicted molar refractivity (Wildman–Crippen MR) is 109 cm³/mol. The molecule has 0 saturated carbocycles. The van der Waals surface area contributed by atoms with E-state index in [1.807, 2.05) is 0 Å². The van der Waals surface area contributed by atoms with Gasteiger partial charge in [0, 0.05) is 38.1 Å². The molecule has 0 saturated heterocycles. The quantitative estimate of drug-likeness (QED) is 0.248. The molecule has 0 unspecified atom stereocenters. The third-order valence-electron chi connectivity index (χ3n) is 5.46. The van der Waals surface area contributed by atoms with Gasteiger partial charge in [-0.25, -0.2) is 0 Å². The van der Waals surface area contributed by atoms with Crippen LogP contribution >= 0.6 is 0 Å². The molecule has 3 heteroatoms. The normalized spacial score (nSPS) is 12.2. The Bertz CT molecular complexity index is 1390. The summed E-state index contributed by atoms with van der Waals surface area (Å²) in [6.45, 7) is 0. The molecule has 2 nitrogen and oxygen atoms in total. The van der Waals surface area contributed by atoms with Gasteiger partial charge in [0.05, 0.1) is 5.52 Å². The van der Waals surface area contributed by atoms with Gasteiger partial charge in [0.25, 0.3) is 0 Å². The second kappa shape index (κ2) is 5.88. The summed E-state index contributed by atoms with van der Waals surface area (Å²) >= 11 is 0. The number of aryl methyl sites for hydroxylation is 1. The van der Waals surface area contributed by atoms with Crippen LogP contribution < -0.4 is 0 Å². The fourth-order valence-electron chi connectivity index (χ4n) is 4.18. The second-order valence-electron chi connectivity index (χ2n) is 6.89. The van der Waals surface area contributed by atoms with Crippen LogP contribution in [0.15, 0.2) is 60.7 Å². The van der Waals surface area contributed by atoms with Gasteiger partial charge in [0.2, 0.25) is 0 Å². The average molecular weight is 524 g/mol. The third-order valence-corrected chi connectivity index (χ3v) is 5.46. The number of aromatic nitrogens is 2. The summed E-state index contributed by atoms with van der Waals surface area (Å²) in [5.74, 6) is 0. The standard InChI is InChI=1S/C24H15N2.Ir/c1-26-22-8-3-2-6-18(22)19-12-11-16(14-23(19)26)21-13-17-10-9-15-5-4-7-20(25-21)24(15)17;/h2-10,12-14H,1H3;/q-1;. The van der Waals surface area contributed by atoms with Crippen molar-refractivity contribution in [1.29, 1.82) is 0 Å². The summed E-state index contributed by atoms with van der Waals surface area (Å²) in [4.78, 5) is 4.92. The van der Waals surface area contributed by atoms with Crippen LogP contribution in [0.2, 0.25) is 0 Å². The molecule has 3 aromatic carbocycles. The van der Waals surface area contributed by atoms with Crippen molar-refractivity contribution in [3.63, 3.8) is 0 Å². The van der Waals surface area contributed by atoms with Gasteiger partial charge >= 0.3 is 0 Å². The Kier molecular flexibility index (Phi) is 3.58. The molecule has 131 valence electrons. The minimum Gasteiger partial charge on any atom is -0.361 e. The van der Waals surface area contributed by atoms with Crippen LogP contribution in [0.4, 0.5) is 0 Å². The topological polar surface area (TPSA) is 17.8 Å². The van der Waals surface area contributed by atoms with Crippen LogP contribution in [0.5, 0.6) is 0 Å². The first kappa shape index (κ1) is 16.4. The Morgan fingerprint density at radius 1 is 0.852 bits per heavy atom. The van der Waals surface area contributed by atoms with Crippen LogP contribution in [0, 0.1) is 6.07 Å². The number of hydrogen-bond donors (Lipinski definition) is 0. The maximum absolute atomic E-state index is 4.92. The fraction of sp³-hybridized carbons (Fsp3) is 0.0417. The average Bonchev–Trinajstić information content (AvgIpc) is 3.23. The Morgan fingerprint density at radius 2 is 1.70 bits per heavy atom. The summed E-state index contributed by atoms with van der Waals surface area (Å²) < 4.78 is 2.25. The van der Waals surface area contributed by atoms with Crippen molar-refractivity contribution in [1.82, 2.24) is 9.55 Å². The van der Waals surface area contributed by atoms with Gasteiger partial charge in [-0.05, 0) is 39.9 Å². The van der Waals surface area contributed by atoms with Crippen molar-refractivity contribution in [3.05, 3.63) is 77.9 Å². The monoisotopic (exact) mass is 524 g/mol. The van der Waals surface area contributed by atoms with Crippen molar-refractivity contribution >= 4 is 44.9 Å². The number of hydrogen-bond acceptors (Lipinski definition) is 1. The Labute approximate surface area is 170 Å². The second-order valence-corrected chi connectivity index (χ2v) is 6.89. The van der Waals surface area contributed by atoms with E-state index < -0.39 is 0 Å². The van der Waals surface area contributed by atoms with Gasteiger partial charge in [-0.3, -0.25) is 4.98 Å². The summed E-state index contributed by atoms with van der Waals surface area (Å²) in [5, 5.41) is 3.76. The summed E-state index contributed by atoms with van der Waals surface area (Å²) in [6.07, 6.45) is 4.35. The molecule has 0 N–H and O–H groups in total. The third kappa shape index (κ3) is 2.26. The van der Waals surface area contributed by atoms with Gasteiger partial charge in [-0.2, -0.15) is 0 Å². The molecular weight excluding hydrogens is 508 g/mol. The Morgan fingerprint density at radius 3 is 2.63 bits per heavy atom. The number of pyridine rings is 1. The minimum atomic E-state index is 0. The van der Waals surface area contributed by atoms with E-state index in [2.05, 4.69) is 90.5 Å². The van der Waals surface area contributed by atoms with Crippen molar-refractivity contribution in [2.24, 2.45) is 7.05 Å². The van der Waals surface area contributed by atoms with Gasteiger partial charge in [0.1, 0.15) is 0 Å². The molecule has 0 fully saturated rings. The zero-order chi connectivity index (χ0) is 17.3. The van der Waals surface area contributed by atoms with Crippen molar-refractivity contribution in [3.8, 4) is 11.3 Å². The SMILES string of the molecule is Cn1c2ccccc2c2c[c-]c(-c3cc4c5c(cccc5n3)C=C4)cc21.[Ir]. The zero-order valence-electron chi connectivity index (χ0n) is 14.7. The van der Waals surface area contributed by atoms with E-state index in [1.54, 1.807) is 0 Å². The van der Waals surface area contributed by atoms with Crippen molar-refractivity contribution in [2.45, 2.75) is 0 Å². The number of nitrogens with zero attached hydrogens (tertiary/aromatic N) is 2. The molecule has 5 aromatic rings. The summed E-state index contributed by atoms with van der Waals surface area (Å²) in [7, 11) is 2.12. The van der Waals surface area contributed by atoms with E-state index in [4.69, 9.17) is 4.98 Å². The predicted octanol–water partition coefficient (Wildman–Crippen LogP) is 5.83. The molecule has 0 spiro atoms.